The van der Waals surface area contributed by atoms with Crippen LogP contribution in [0.15, 0.2) is 18.2 Å². The van der Waals surface area contributed by atoms with Crippen molar-refractivity contribution < 1.29 is 14.5 Å². The number of nitrogens with zero attached hydrogens (tertiary/aromatic N) is 1. The topological polar surface area (TPSA) is 81.5 Å². The standard InChI is InChI=1S/C11H13BrN2O4/c1-18-10-7-8(3-4-9(10)14(16)17)11(15)13-6-2-5-12/h3-4,7H,2,5-6H2,1H3,(H,13,15). The lowest BCUT2D eigenvalue weighted by Gasteiger charge is -2.06. The molecule has 0 fully saturated rings. The molecule has 0 heterocycles. The molecule has 0 unspecified atom stereocenters. The highest BCUT2D eigenvalue weighted by molar-refractivity contribution is 9.09. The lowest BCUT2D eigenvalue weighted by atomic mass is 10.1. The van der Waals surface area contributed by atoms with E-state index in [4.69, 9.17) is 4.74 Å². The Kier molecular flexibility index (Phi) is 5.57. The molecule has 0 radical (unpaired) electrons. The quantitative estimate of drug-likeness (QED) is 0.377. The Balaban J connectivity index is 2.85. The Labute approximate surface area is 113 Å². The van der Waals surface area contributed by atoms with Crippen molar-refractivity contribution in [1.29, 1.82) is 0 Å². The van der Waals surface area contributed by atoms with Gasteiger partial charge in [0.1, 0.15) is 0 Å². The second-order valence-corrected chi connectivity index (χ2v) is 4.24. The molecule has 0 aliphatic rings. The normalized spacial score (nSPS) is 9.89. The summed E-state index contributed by atoms with van der Waals surface area (Å²) in [6, 6.07) is 4.03. The predicted molar refractivity (Wildman–Crippen MR) is 70.4 cm³/mol. The lowest BCUT2D eigenvalue weighted by Crippen LogP contribution is -2.24. The van der Waals surface area contributed by atoms with Crippen LogP contribution in [0.5, 0.6) is 5.75 Å². The Morgan fingerprint density at radius 2 is 2.28 bits per heavy atom. The van der Waals surface area contributed by atoms with Gasteiger partial charge in [0.05, 0.1) is 12.0 Å². The number of nitro groups is 1. The number of nitrogens with one attached hydrogen (secondary N) is 1. The van der Waals surface area contributed by atoms with Crippen LogP contribution >= 0.6 is 15.9 Å². The smallest absolute Gasteiger partial charge is 0.310 e. The predicted octanol–water partition coefficient (Wildman–Crippen LogP) is 2.12. The fourth-order valence-electron chi connectivity index (χ4n) is 1.34. The summed E-state index contributed by atoms with van der Waals surface area (Å²) in [6.45, 7) is 0.545. The Bertz CT molecular complexity index is 451. The highest BCUT2D eigenvalue weighted by atomic mass is 79.9. The van der Waals surface area contributed by atoms with Crippen LogP contribution in [0.4, 0.5) is 5.69 Å². The number of ether oxygens (including phenoxy) is 1. The van der Waals surface area contributed by atoms with E-state index in [0.29, 0.717) is 12.1 Å². The molecule has 0 aliphatic carbocycles. The maximum absolute atomic E-state index is 11.7. The molecule has 0 saturated heterocycles. The van der Waals surface area contributed by atoms with Crippen molar-refractivity contribution in [3.05, 3.63) is 33.9 Å². The first-order valence-electron chi connectivity index (χ1n) is 5.26. The van der Waals surface area contributed by atoms with Crippen LogP contribution in [0.25, 0.3) is 0 Å². The van der Waals surface area contributed by atoms with Crippen LogP contribution in [-0.4, -0.2) is 29.8 Å². The molecule has 0 aromatic heterocycles. The van der Waals surface area contributed by atoms with E-state index in [0.717, 1.165) is 11.8 Å². The first kappa shape index (κ1) is 14.4. The van der Waals surface area contributed by atoms with Crippen molar-refractivity contribution in [2.24, 2.45) is 0 Å². The summed E-state index contributed by atoms with van der Waals surface area (Å²) in [6.07, 6.45) is 0.815. The zero-order chi connectivity index (χ0) is 13.5. The maximum atomic E-state index is 11.7. The number of amides is 1. The number of hydrogen-bond acceptors (Lipinski definition) is 4. The van der Waals surface area contributed by atoms with E-state index in [9.17, 15) is 14.9 Å². The van der Waals surface area contributed by atoms with Gasteiger partial charge in [0.2, 0.25) is 0 Å². The second kappa shape index (κ2) is 6.95. The molecular weight excluding hydrogens is 304 g/mol. The molecule has 1 rings (SSSR count). The monoisotopic (exact) mass is 316 g/mol. The van der Waals surface area contributed by atoms with Crippen LogP contribution in [0.3, 0.4) is 0 Å². The average molecular weight is 317 g/mol. The Morgan fingerprint density at radius 3 is 2.83 bits per heavy atom. The summed E-state index contributed by atoms with van der Waals surface area (Å²) in [5.41, 5.74) is 0.182. The van der Waals surface area contributed by atoms with Crippen molar-refractivity contribution in [1.82, 2.24) is 5.32 Å². The third kappa shape index (κ3) is 3.69. The van der Waals surface area contributed by atoms with Gasteiger partial charge in [0, 0.05) is 29.6 Å². The van der Waals surface area contributed by atoms with Crippen LogP contribution in [0.2, 0.25) is 0 Å². The van der Waals surface area contributed by atoms with Gasteiger partial charge in [-0.2, -0.15) is 0 Å². The van der Waals surface area contributed by atoms with Crippen LogP contribution < -0.4 is 10.1 Å². The van der Waals surface area contributed by atoms with E-state index >= 15 is 0 Å². The molecule has 18 heavy (non-hydrogen) atoms. The van der Waals surface area contributed by atoms with Crippen molar-refractivity contribution in [3.63, 3.8) is 0 Å². The van der Waals surface area contributed by atoms with E-state index < -0.39 is 4.92 Å². The van der Waals surface area contributed by atoms with E-state index in [1.165, 1.54) is 25.3 Å². The fourth-order valence-corrected chi connectivity index (χ4v) is 1.62. The van der Waals surface area contributed by atoms with E-state index in [1.807, 2.05) is 0 Å². The molecule has 1 aromatic rings. The molecule has 0 aliphatic heterocycles. The third-order valence-corrected chi connectivity index (χ3v) is 2.80. The Morgan fingerprint density at radius 1 is 1.56 bits per heavy atom. The number of benzene rings is 1. The number of methoxy groups -OCH3 is 1. The number of halogens is 1. The zero-order valence-corrected chi connectivity index (χ0v) is 11.4. The zero-order valence-electron chi connectivity index (χ0n) is 9.81. The second-order valence-electron chi connectivity index (χ2n) is 3.44. The van der Waals surface area contributed by atoms with Crippen LogP contribution in [0, 0.1) is 10.1 Å². The van der Waals surface area contributed by atoms with Crippen molar-refractivity contribution >= 4 is 27.5 Å². The minimum absolute atomic E-state index is 0.0770. The average Bonchev–Trinajstić information content (AvgIpc) is 2.37. The summed E-state index contributed by atoms with van der Waals surface area (Å²) in [7, 11) is 1.33. The molecule has 98 valence electrons. The van der Waals surface area contributed by atoms with Crippen molar-refractivity contribution in [2.75, 3.05) is 19.0 Å². The molecule has 1 amide bonds. The summed E-state index contributed by atoms with van der Waals surface area (Å²) < 4.78 is 4.89. The number of carbonyl (C=O) groups excluding carboxylic acids is 1. The van der Waals surface area contributed by atoms with Crippen molar-refractivity contribution in [3.8, 4) is 5.75 Å². The maximum Gasteiger partial charge on any atom is 0.310 e. The van der Waals surface area contributed by atoms with Gasteiger partial charge < -0.3 is 10.1 Å². The largest absolute Gasteiger partial charge is 0.490 e. The molecule has 7 heteroatoms. The first-order chi connectivity index (χ1) is 8.60. The molecule has 0 bridgehead atoms. The van der Waals surface area contributed by atoms with Gasteiger partial charge in [-0.3, -0.25) is 14.9 Å². The summed E-state index contributed by atoms with van der Waals surface area (Å²) in [4.78, 5) is 21.9. The van der Waals surface area contributed by atoms with E-state index in [1.54, 1.807) is 0 Å². The number of alkyl halides is 1. The van der Waals surface area contributed by atoms with Crippen LogP contribution in [0.1, 0.15) is 16.8 Å². The van der Waals surface area contributed by atoms with Crippen molar-refractivity contribution in [2.45, 2.75) is 6.42 Å². The molecular formula is C11H13BrN2O4. The van der Waals surface area contributed by atoms with Gasteiger partial charge >= 0.3 is 5.69 Å². The number of carbonyl (C=O) groups is 1. The third-order valence-electron chi connectivity index (χ3n) is 2.23. The fraction of sp³-hybridized carbons (Fsp3) is 0.364. The molecule has 0 spiro atoms. The van der Waals surface area contributed by atoms with Crippen LogP contribution in [-0.2, 0) is 0 Å². The summed E-state index contributed by atoms with van der Waals surface area (Å²) in [5.74, 6) is -0.197. The minimum Gasteiger partial charge on any atom is -0.490 e. The molecule has 6 nitrogen and oxygen atoms in total. The number of hydrogen-bond donors (Lipinski definition) is 1. The SMILES string of the molecule is COc1cc(C(=O)NCCCBr)ccc1[N+](=O)[O-]. The van der Waals surface area contributed by atoms with Gasteiger partial charge in [-0.1, -0.05) is 15.9 Å². The van der Waals surface area contributed by atoms with Gasteiger partial charge in [-0.25, -0.2) is 0 Å². The van der Waals surface area contributed by atoms with E-state index in [-0.39, 0.29) is 17.3 Å². The van der Waals surface area contributed by atoms with Gasteiger partial charge in [0.15, 0.2) is 5.75 Å². The molecule has 0 saturated carbocycles. The van der Waals surface area contributed by atoms with E-state index in [2.05, 4.69) is 21.2 Å². The molecule has 1 N–H and O–H groups in total. The molecule has 0 atom stereocenters. The minimum atomic E-state index is -0.550. The Hall–Kier alpha value is -1.63. The van der Waals surface area contributed by atoms with Gasteiger partial charge in [-0.15, -0.1) is 0 Å². The number of nitro benzene ring substituents is 1. The van der Waals surface area contributed by atoms with Gasteiger partial charge in [-0.05, 0) is 12.5 Å². The highest BCUT2D eigenvalue weighted by Crippen LogP contribution is 2.27. The number of rotatable bonds is 6. The summed E-state index contributed by atoms with van der Waals surface area (Å²) in [5, 5.41) is 14.2. The first-order valence-corrected chi connectivity index (χ1v) is 6.39. The molecule has 1 aromatic carbocycles. The summed E-state index contributed by atoms with van der Waals surface area (Å²) >= 11 is 3.26. The van der Waals surface area contributed by atoms with Gasteiger partial charge in [0.25, 0.3) is 5.91 Å². The highest BCUT2D eigenvalue weighted by Gasteiger charge is 2.17. The lowest BCUT2D eigenvalue weighted by molar-refractivity contribution is -0.385.